The molecule has 1 saturated heterocycles. The first-order valence-corrected chi connectivity index (χ1v) is 6.09. The Kier molecular flexibility index (Phi) is 3.36. The van der Waals surface area contributed by atoms with Crippen LogP contribution in [0.3, 0.4) is 0 Å². The second-order valence-electron chi connectivity index (χ2n) is 4.82. The Balaban J connectivity index is 2.18. The van der Waals surface area contributed by atoms with Crippen molar-refractivity contribution in [2.24, 2.45) is 5.92 Å². The van der Waals surface area contributed by atoms with Crippen LogP contribution < -0.4 is 0 Å². The van der Waals surface area contributed by atoms with Crippen LogP contribution >= 0.6 is 0 Å². The Labute approximate surface area is 106 Å². The number of rotatable bonds is 2. The third-order valence-electron chi connectivity index (χ3n) is 3.66. The zero-order chi connectivity index (χ0) is 13.3. The van der Waals surface area contributed by atoms with Crippen LogP contribution in [-0.4, -0.2) is 35.0 Å². The number of carbonyl (C=O) groups excluding carboxylic acids is 1. The molecule has 2 rings (SSSR count). The van der Waals surface area contributed by atoms with Gasteiger partial charge in [-0.2, -0.15) is 0 Å². The smallest absolute Gasteiger partial charge is 0.308 e. The molecular formula is C14H17NO3. The van der Waals surface area contributed by atoms with Crippen LogP contribution in [0.4, 0.5) is 0 Å². The molecular weight excluding hydrogens is 230 g/mol. The SMILES string of the molecule is Cc1cccc(C(=O)N2CCC(C(=O)O)C2)c1C. The number of nitrogens with zero attached hydrogens (tertiary/aromatic N) is 1. The van der Waals surface area contributed by atoms with Crippen molar-refractivity contribution in [1.82, 2.24) is 4.90 Å². The first-order chi connectivity index (χ1) is 8.50. The van der Waals surface area contributed by atoms with E-state index in [1.807, 2.05) is 26.0 Å². The van der Waals surface area contributed by atoms with Crippen LogP contribution in [0, 0.1) is 19.8 Å². The van der Waals surface area contributed by atoms with Crippen molar-refractivity contribution >= 4 is 11.9 Å². The molecule has 1 N–H and O–H groups in total. The molecule has 1 fully saturated rings. The van der Waals surface area contributed by atoms with Crippen LogP contribution in [0.1, 0.15) is 27.9 Å². The predicted molar refractivity (Wildman–Crippen MR) is 67.6 cm³/mol. The van der Waals surface area contributed by atoms with E-state index < -0.39 is 11.9 Å². The number of aryl methyl sites for hydroxylation is 1. The van der Waals surface area contributed by atoms with Gasteiger partial charge in [-0.3, -0.25) is 9.59 Å². The second kappa shape index (κ2) is 4.80. The third kappa shape index (κ3) is 2.23. The van der Waals surface area contributed by atoms with E-state index in [4.69, 9.17) is 5.11 Å². The summed E-state index contributed by atoms with van der Waals surface area (Å²) < 4.78 is 0. The summed E-state index contributed by atoms with van der Waals surface area (Å²) in [4.78, 5) is 24.8. The average Bonchev–Trinajstić information content (AvgIpc) is 2.81. The van der Waals surface area contributed by atoms with Gasteiger partial charge in [0.15, 0.2) is 0 Å². The molecule has 1 heterocycles. The lowest BCUT2D eigenvalue weighted by Crippen LogP contribution is -2.30. The van der Waals surface area contributed by atoms with Gasteiger partial charge in [0.2, 0.25) is 0 Å². The van der Waals surface area contributed by atoms with E-state index in [1.54, 1.807) is 11.0 Å². The van der Waals surface area contributed by atoms with Gasteiger partial charge in [-0.1, -0.05) is 12.1 Å². The highest BCUT2D eigenvalue weighted by atomic mass is 16.4. The standard InChI is InChI=1S/C14H17NO3/c1-9-4-3-5-12(10(9)2)13(16)15-7-6-11(8-15)14(17)18/h3-5,11H,6-8H2,1-2H3,(H,17,18). The predicted octanol–water partition coefficient (Wildman–Crippen LogP) is 1.85. The minimum Gasteiger partial charge on any atom is -0.481 e. The number of amides is 1. The minimum atomic E-state index is -0.814. The van der Waals surface area contributed by atoms with E-state index in [-0.39, 0.29) is 5.91 Å². The topological polar surface area (TPSA) is 57.6 Å². The fraction of sp³-hybridized carbons (Fsp3) is 0.429. The monoisotopic (exact) mass is 247 g/mol. The van der Waals surface area contributed by atoms with Gasteiger partial charge in [-0.15, -0.1) is 0 Å². The first kappa shape index (κ1) is 12.6. The van der Waals surface area contributed by atoms with E-state index in [2.05, 4.69) is 0 Å². The van der Waals surface area contributed by atoms with Crippen LogP contribution in [0.2, 0.25) is 0 Å². The first-order valence-electron chi connectivity index (χ1n) is 6.09. The van der Waals surface area contributed by atoms with Crippen LogP contribution in [0.15, 0.2) is 18.2 Å². The fourth-order valence-corrected chi connectivity index (χ4v) is 2.30. The number of carboxylic acid groups (broad SMARTS) is 1. The Morgan fingerprint density at radius 2 is 2.06 bits per heavy atom. The molecule has 1 unspecified atom stereocenters. The van der Waals surface area contributed by atoms with Crippen LogP contribution in [0.25, 0.3) is 0 Å². The highest BCUT2D eigenvalue weighted by Crippen LogP contribution is 2.21. The minimum absolute atomic E-state index is 0.0556. The average molecular weight is 247 g/mol. The number of likely N-dealkylation sites (tertiary alicyclic amines) is 1. The van der Waals surface area contributed by atoms with Crippen molar-refractivity contribution in [2.75, 3.05) is 13.1 Å². The zero-order valence-corrected chi connectivity index (χ0v) is 10.6. The van der Waals surface area contributed by atoms with E-state index >= 15 is 0 Å². The van der Waals surface area contributed by atoms with Gasteiger partial charge in [0.1, 0.15) is 0 Å². The largest absolute Gasteiger partial charge is 0.481 e. The molecule has 1 aliphatic heterocycles. The lowest BCUT2D eigenvalue weighted by Gasteiger charge is -2.17. The highest BCUT2D eigenvalue weighted by Gasteiger charge is 2.31. The molecule has 1 aromatic rings. The van der Waals surface area contributed by atoms with E-state index in [1.165, 1.54) is 0 Å². The van der Waals surface area contributed by atoms with Gasteiger partial charge >= 0.3 is 5.97 Å². The summed E-state index contributed by atoms with van der Waals surface area (Å²) in [5.41, 5.74) is 2.73. The summed E-state index contributed by atoms with van der Waals surface area (Å²) in [6.45, 7) is 4.74. The van der Waals surface area contributed by atoms with Gasteiger partial charge in [-0.05, 0) is 37.5 Å². The molecule has 0 spiro atoms. The number of benzene rings is 1. The number of hydrogen-bond acceptors (Lipinski definition) is 2. The Morgan fingerprint density at radius 1 is 1.33 bits per heavy atom. The molecule has 1 aliphatic rings. The third-order valence-corrected chi connectivity index (χ3v) is 3.66. The molecule has 0 radical (unpaired) electrons. The Morgan fingerprint density at radius 3 is 2.67 bits per heavy atom. The quantitative estimate of drug-likeness (QED) is 0.867. The highest BCUT2D eigenvalue weighted by molar-refractivity contribution is 5.96. The van der Waals surface area contributed by atoms with Crippen LogP contribution in [-0.2, 0) is 4.79 Å². The molecule has 4 heteroatoms. The van der Waals surface area contributed by atoms with E-state index in [9.17, 15) is 9.59 Å². The molecule has 4 nitrogen and oxygen atoms in total. The molecule has 1 aromatic carbocycles. The van der Waals surface area contributed by atoms with E-state index in [0.29, 0.717) is 25.1 Å². The summed E-state index contributed by atoms with van der Waals surface area (Å²) in [5.74, 6) is -1.29. The second-order valence-corrected chi connectivity index (χ2v) is 4.82. The zero-order valence-electron chi connectivity index (χ0n) is 10.6. The maximum atomic E-state index is 12.3. The lowest BCUT2D eigenvalue weighted by atomic mass is 10.0. The lowest BCUT2D eigenvalue weighted by molar-refractivity contribution is -0.141. The van der Waals surface area contributed by atoms with Gasteiger partial charge in [-0.25, -0.2) is 0 Å². The summed E-state index contributed by atoms with van der Waals surface area (Å²) in [6, 6.07) is 5.63. The number of hydrogen-bond donors (Lipinski definition) is 1. The maximum absolute atomic E-state index is 12.3. The molecule has 0 aromatic heterocycles. The van der Waals surface area contributed by atoms with Gasteiger partial charge in [0, 0.05) is 18.7 Å². The summed E-state index contributed by atoms with van der Waals surface area (Å²) >= 11 is 0. The summed E-state index contributed by atoms with van der Waals surface area (Å²) in [5, 5.41) is 8.94. The van der Waals surface area contributed by atoms with Crippen molar-refractivity contribution in [2.45, 2.75) is 20.3 Å². The molecule has 0 bridgehead atoms. The normalized spacial score (nSPS) is 19.0. The molecule has 1 amide bonds. The van der Waals surface area contributed by atoms with Crippen molar-refractivity contribution < 1.29 is 14.7 Å². The number of aliphatic carboxylic acids is 1. The molecule has 0 aliphatic carbocycles. The summed E-state index contributed by atoms with van der Waals surface area (Å²) in [6.07, 6.45) is 0.548. The Bertz CT molecular complexity index is 496. The van der Waals surface area contributed by atoms with Crippen molar-refractivity contribution in [3.05, 3.63) is 34.9 Å². The van der Waals surface area contributed by atoms with Gasteiger partial charge < -0.3 is 10.0 Å². The molecule has 1 atom stereocenters. The maximum Gasteiger partial charge on any atom is 0.308 e. The number of carboxylic acids is 1. The molecule has 18 heavy (non-hydrogen) atoms. The van der Waals surface area contributed by atoms with Crippen molar-refractivity contribution in [1.29, 1.82) is 0 Å². The van der Waals surface area contributed by atoms with E-state index in [0.717, 1.165) is 11.1 Å². The van der Waals surface area contributed by atoms with Crippen LogP contribution in [0.5, 0.6) is 0 Å². The molecule has 0 saturated carbocycles. The fourth-order valence-electron chi connectivity index (χ4n) is 2.30. The van der Waals surface area contributed by atoms with Gasteiger partial charge in [0.05, 0.1) is 5.92 Å². The van der Waals surface area contributed by atoms with Crippen molar-refractivity contribution in [3.8, 4) is 0 Å². The van der Waals surface area contributed by atoms with Crippen molar-refractivity contribution in [3.63, 3.8) is 0 Å². The number of carbonyl (C=O) groups is 2. The summed E-state index contributed by atoms with van der Waals surface area (Å²) in [7, 11) is 0. The molecule has 96 valence electrons. The Hall–Kier alpha value is -1.84. The van der Waals surface area contributed by atoms with Gasteiger partial charge in [0.25, 0.3) is 5.91 Å².